The molecule has 0 aliphatic carbocycles. The summed E-state index contributed by atoms with van der Waals surface area (Å²) in [5.41, 5.74) is 0. The Labute approximate surface area is 109 Å². The topological polar surface area (TPSA) is 92.4 Å². The molecule has 2 rings (SSSR count). The predicted molar refractivity (Wildman–Crippen MR) is 65.3 cm³/mol. The molecule has 6 nitrogen and oxygen atoms in total. The van der Waals surface area contributed by atoms with Crippen LogP contribution in [0.25, 0.3) is 0 Å². The van der Waals surface area contributed by atoms with Crippen LogP contribution in [-0.2, 0) is 16.6 Å². The first-order valence-electron chi connectivity index (χ1n) is 4.34. The van der Waals surface area contributed by atoms with Crippen molar-refractivity contribution in [3.63, 3.8) is 0 Å². The van der Waals surface area contributed by atoms with Crippen molar-refractivity contribution in [1.29, 1.82) is 0 Å². The van der Waals surface area contributed by atoms with Gasteiger partial charge in [-0.1, -0.05) is 0 Å². The number of anilines is 1. The summed E-state index contributed by atoms with van der Waals surface area (Å²) < 4.78 is 31.2. The average molecular weight is 339 g/mol. The quantitative estimate of drug-likeness (QED) is 0.886. The molecule has 0 aliphatic rings. The average Bonchev–Trinajstić information content (AvgIpc) is 2.86. The van der Waals surface area contributed by atoms with Crippen molar-refractivity contribution >= 4 is 42.4 Å². The zero-order chi connectivity index (χ0) is 12.5. The maximum Gasteiger partial charge on any atom is 0.268 e. The number of thiazole rings is 1. The summed E-state index contributed by atoms with van der Waals surface area (Å²) in [7, 11) is -3.76. The van der Waals surface area contributed by atoms with Gasteiger partial charge in [0.25, 0.3) is 10.0 Å². The molecule has 92 valence electrons. The molecule has 0 unspecified atom stereocenters. The van der Waals surface area contributed by atoms with Crippen molar-refractivity contribution in [3.05, 3.63) is 28.1 Å². The number of nitrogens with zero attached hydrogens (tertiary/aromatic N) is 1. The number of nitrogens with one attached hydrogen (secondary N) is 1. The Morgan fingerprint density at radius 2 is 2.35 bits per heavy atom. The predicted octanol–water partition coefficient (Wildman–Crippen LogP) is 1.79. The van der Waals surface area contributed by atoms with Crippen molar-refractivity contribution in [2.45, 2.75) is 11.5 Å². The highest BCUT2D eigenvalue weighted by Gasteiger charge is 2.23. The number of sulfonamides is 1. The third-order valence-corrected chi connectivity index (χ3v) is 4.82. The summed E-state index contributed by atoms with van der Waals surface area (Å²) >= 11 is 4.15. The Kier molecular flexibility index (Phi) is 3.52. The number of hydrogen-bond donors (Lipinski definition) is 2. The first-order chi connectivity index (χ1) is 8.03. The number of furan rings is 1. The molecule has 0 aliphatic heterocycles. The third kappa shape index (κ3) is 2.68. The SMILES string of the molecule is O=S(=O)(Nc1nccs1)c1cc(CO)oc1Br. The lowest BCUT2D eigenvalue weighted by molar-refractivity contribution is 0.245. The molecule has 0 saturated heterocycles. The number of rotatable bonds is 4. The largest absolute Gasteiger partial charge is 0.450 e. The Morgan fingerprint density at radius 3 is 2.88 bits per heavy atom. The van der Waals surface area contributed by atoms with Gasteiger partial charge in [-0.3, -0.25) is 4.72 Å². The molecule has 2 aromatic rings. The second-order valence-corrected chi connectivity index (χ2v) is 6.22. The molecular weight excluding hydrogens is 332 g/mol. The summed E-state index contributed by atoms with van der Waals surface area (Å²) in [6, 6.07) is 1.25. The van der Waals surface area contributed by atoms with E-state index in [1.54, 1.807) is 5.38 Å². The summed E-state index contributed by atoms with van der Waals surface area (Å²) in [5.74, 6) is 0.163. The number of halogens is 1. The molecule has 0 atom stereocenters. The van der Waals surface area contributed by atoms with Gasteiger partial charge in [0.1, 0.15) is 17.3 Å². The molecular formula is C8H7BrN2O4S2. The van der Waals surface area contributed by atoms with Crippen LogP contribution in [0, 0.1) is 0 Å². The van der Waals surface area contributed by atoms with Crippen LogP contribution in [0.3, 0.4) is 0 Å². The van der Waals surface area contributed by atoms with Crippen LogP contribution < -0.4 is 4.72 Å². The summed E-state index contributed by atoms with van der Waals surface area (Å²) in [6.07, 6.45) is 1.49. The van der Waals surface area contributed by atoms with Gasteiger partial charge in [-0.25, -0.2) is 13.4 Å². The van der Waals surface area contributed by atoms with Crippen molar-refractivity contribution in [1.82, 2.24) is 4.98 Å². The number of aliphatic hydroxyl groups excluding tert-OH is 1. The molecule has 0 spiro atoms. The second-order valence-electron chi connectivity index (χ2n) is 2.95. The van der Waals surface area contributed by atoms with Crippen LogP contribution in [0.2, 0.25) is 0 Å². The Hall–Kier alpha value is -0.900. The van der Waals surface area contributed by atoms with Crippen molar-refractivity contribution in [2.24, 2.45) is 0 Å². The lowest BCUT2D eigenvalue weighted by atomic mass is 10.5. The molecule has 0 fully saturated rings. The highest BCUT2D eigenvalue weighted by atomic mass is 79.9. The molecule has 0 radical (unpaired) electrons. The van der Waals surface area contributed by atoms with Gasteiger partial charge in [-0.2, -0.15) is 0 Å². The van der Waals surface area contributed by atoms with Gasteiger partial charge in [-0.05, 0) is 15.9 Å². The fourth-order valence-corrected chi connectivity index (χ4v) is 3.89. The van der Waals surface area contributed by atoms with E-state index in [1.807, 2.05) is 0 Å². The van der Waals surface area contributed by atoms with E-state index in [-0.39, 0.29) is 27.1 Å². The van der Waals surface area contributed by atoms with E-state index in [2.05, 4.69) is 25.6 Å². The van der Waals surface area contributed by atoms with Gasteiger partial charge in [0.15, 0.2) is 9.80 Å². The summed E-state index contributed by atoms with van der Waals surface area (Å²) in [4.78, 5) is 3.74. The van der Waals surface area contributed by atoms with Gasteiger partial charge >= 0.3 is 0 Å². The van der Waals surface area contributed by atoms with Crippen LogP contribution in [0.4, 0.5) is 5.13 Å². The molecule has 2 heterocycles. The van der Waals surface area contributed by atoms with Crippen molar-refractivity contribution in [2.75, 3.05) is 4.72 Å². The lowest BCUT2D eigenvalue weighted by Crippen LogP contribution is -2.12. The van der Waals surface area contributed by atoms with Gasteiger partial charge in [0.2, 0.25) is 0 Å². The van der Waals surface area contributed by atoms with Crippen LogP contribution >= 0.6 is 27.3 Å². The fraction of sp³-hybridized carbons (Fsp3) is 0.125. The minimum absolute atomic E-state index is 0.0469. The van der Waals surface area contributed by atoms with E-state index in [0.717, 1.165) is 0 Å². The van der Waals surface area contributed by atoms with E-state index in [0.29, 0.717) is 0 Å². The first kappa shape index (κ1) is 12.6. The van der Waals surface area contributed by atoms with Gasteiger partial charge < -0.3 is 9.52 Å². The van der Waals surface area contributed by atoms with Gasteiger partial charge in [-0.15, -0.1) is 11.3 Å². The fourth-order valence-electron chi connectivity index (χ4n) is 1.10. The minimum atomic E-state index is -3.76. The van der Waals surface area contributed by atoms with Crippen LogP contribution in [0.15, 0.2) is 31.6 Å². The minimum Gasteiger partial charge on any atom is -0.450 e. The normalized spacial score (nSPS) is 11.6. The number of hydrogen-bond acceptors (Lipinski definition) is 6. The standard InChI is InChI=1S/C8H7BrN2O4S2/c9-7-6(3-5(4-12)15-7)17(13,14)11-8-10-1-2-16-8/h1-3,12H,4H2,(H,10,11). The van der Waals surface area contributed by atoms with Crippen LogP contribution in [-0.4, -0.2) is 18.5 Å². The lowest BCUT2D eigenvalue weighted by Gasteiger charge is -2.01. The zero-order valence-electron chi connectivity index (χ0n) is 8.25. The van der Waals surface area contributed by atoms with Gasteiger partial charge in [0, 0.05) is 17.6 Å². The first-order valence-corrected chi connectivity index (χ1v) is 7.50. The number of aromatic nitrogens is 1. The highest BCUT2D eigenvalue weighted by molar-refractivity contribution is 9.10. The molecule has 0 amide bonds. The molecule has 2 aromatic heterocycles. The Bertz CT molecular complexity index is 606. The molecule has 0 saturated carbocycles. The van der Waals surface area contributed by atoms with Crippen molar-refractivity contribution in [3.8, 4) is 0 Å². The maximum atomic E-state index is 11.9. The smallest absolute Gasteiger partial charge is 0.268 e. The van der Waals surface area contributed by atoms with Crippen LogP contribution in [0.1, 0.15) is 5.76 Å². The van der Waals surface area contributed by atoms with E-state index < -0.39 is 10.0 Å². The molecule has 2 N–H and O–H groups in total. The third-order valence-electron chi connectivity index (χ3n) is 1.81. The van der Waals surface area contributed by atoms with Gasteiger partial charge in [0.05, 0.1) is 0 Å². The molecule has 17 heavy (non-hydrogen) atoms. The Balaban J connectivity index is 2.34. The summed E-state index contributed by atoms with van der Waals surface area (Å²) in [5, 5.41) is 10.8. The summed E-state index contributed by atoms with van der Waals surface area (Å²) in [6.45, 7) is -0.370. The molecule has 0 bridgehead atoms. The van der Waals surface area contributed by atoms with E-state index in [1.165, 1.54) is 23.6 Å². The van der Waals surface area contributed by atoms with Crippen LogP contribution in [0.5, 0.6) is 0 Å². The van der Waals surface area contributed by atoms with E-state index in [9.17, 15) is 8.42 Å². The number of aliphatic hydroxyl groups is 1. The Morgan fingerprint density at radius 1 is 1.59 bits per heavy atom. The molecule has 0 aromatic carbocycles. The van der Waals surface area contributed by atoms with Crippen molar-refractivity contribution < 1.29 is 17.9 Å². The van der Waals surface area contributed by atoms with E-state index >= 15 is 0 Å². The highest BCUT2D eigenvalue weighted by Crippen LogP contribution is 2.28. The molecule has 9 heteroatoms. The monoisotopic (exact) mass is 338 g/mol. The second kappa shape index (κ2) is 4.77. The maximum absolute atomic E-state index is 11.9. The zero-order valence-corrected chi connectivity index (χ0v) is 11.5. The van der Waals surface area contributed by atoms with E-state index in [4.69, 9.17) is 9.52 Å².